The van der Waals surface area contributed by atoms with Crippen molar-refractivity contribution >= 4 is 17.2 Å². The molecule has 3 aliphatic rings. The smallest absolute Gasteiger partial charge is 0.231 e. The molecule has 0 saturated heterocycles. The van der Waals surface area contributed by atoms with E-state index in [0.717, 1.165) is 19.5 Å². The second kappa shape index (κ2) is 6.17. The quantitative estimate of drug-likeness (QED) is 0.889. The lowest BCUT2D eigenvalue weighted by molar-refractivity contribution is -0.137. The van der Waals surface area contributed by atoms with Gasteiger partial charge in [-0.1, -0.05) is 18.2 Å². The van der Waals surface area contributed by atoms with Crippen molar-refractivity contribution in [2.45, 2.75) is 58.2 Å². The molecule has 0 saturated carbocycles. The largest absolute Gasteiger partial charge is 0.384 e. The molecule has 0 fully saturated rings. The Morgan fingerprint density at radius 1 is 1.16 bits per heavy atom. The fraction of sp³-hybridized carbons (Fsp3) is 0.571. The van der Waals surface area contributed by atoms with E-state index in [4.69, 9.17) is 0 Å². The summed E-state index contributed by atoms with van der Waals surface area (Å²) >= 11 is 0. The maximum absolute atomic E-state index is 13.1. The van der Waals surface area contributed by atoms with E-state index < -0.39 is 0 Å². The summed E-state index contributed by atoms with van der Waals surface area (Å²) in [6, 6.07) is 7.37. The van der Waals surface area contributed by atoms with Crippen LogP contribution < -0.4 is 10.6 Å². The molecular weight excluding hydrogens is 310 g/mol. The van der Waals surface area contributed by atoms with Crippen molar-refractivity contribution in [2.24, 2.45) is 5.92 Å². The standard InChI is InChI=1S/C21H29N3O/c1-12(2)24(13(3)4)21(25)15-8-17-16-6-5-7-18-20(16)14(10-22-18)9-19(17)23-11-15/h5-8,12-15,19,22-23H,9-11H2,1-4H3/t14?,15-,19-/m1/s1. The Labute approximate surface area is 150 Å². The van der Waals surface area contributed by atoms with Gasteiger partial charge in [-0.05, 0) is 56.9 Å². The second-order valence-electron chi connectivity index (χ2n) is 8.20. The molecule has 4 nitrogen and oxygen atoms in total. The number of amides is 1. The van der Waals surface area contributed by atoms with Gasteiger partial charge in [0, 0.05) is 42.8 Å². The van der Waals surface area contributed by atoms with Crippen LogP contribution in [0.2, 0.25) is 0 Å². The van der Waals surface area contributed by atoms with Gasteiger partial charge in [0.2, 0.25) is 5.91 Å². The van der Waals surface area contributed by atoms with E-state index in [0.29, 0.717) is 12.0 Å². The van der Waals surface area contributed by atoms with Gasteiger partial charge in [0.25, 0.3) is 0 Å². The predicted octanol–water partition coefficient (Wildman–Crippen LogP) is 3.22. The highest BCUT2D eigenvalue weighted by Gasteiger charge is 2.39. The van der Waals surface area contributed by atoms with Gasteiger partial charge in [-0.15, -0.1) is 0 Å². The zero-order valence-corrected chi connectivity index (χ0v) is 15.7. The average Bonchev–Trinajstić information content (AvgIpc) is 2.98. The average molecular weight is 339 g/mol. The minimum absolute atomic E-state index is 0.0715. The van der Waals surface area contributed by atoms with E-state index in [-0.39, 0.29) is 23.9 Å². The highest BCUT2D eigenvalue weighted by Crippen LogP contribution is 2.46. The van der Waals surface area contributed by atoms with E-state index in [1.54, 1.807) is 0 Å². The molecule has 0 bridgehead atoms. The number of benzene rings is 1. The number of hydrogen-bond acceptors (Lipinski definition) is 3. The van der Waals surface area contributed by atoms with Crippen molar-refractivity contribution in [3.8, 4) is 0 Å². The molecule has 2 aliphatic heterocycles. The highest BCUT2D eigenvalue weighted by atomic mass is 16.2. The van der Waals surface area contributed by atoms with Crippen molar-refractivity contribution in [1.29, 1.82) is 0 Å². The molecular formula is C21H29N3O. The third-order valence-corrected chi connectivity index (χ3v) is 5.91. The zero-order valence-electron chi connectivity index (χ0n) is 15.7. The Morgan fingerprint density at radius 2 is 1.92 bits per heavy atom. The van der Waals surface area contributed by atoms with Gasteiger partial charge >= 0.3 is 0 Å². The topological polar surface area (TPSA) is 44.4 Å². The molecule has 25 heavy (non-hydrogen) atoms. The fourth-order valence-electron chi connectivity index (χ4n) is 4.95. The normalized spacial score (nSPS) is 26.8. The Morgan fingerprint density at radius 3 is 2.64 bits per heavy atom. The number of anilines is 1. The lowest BCUT2D eigenvalue weighted by atomic mass is 9.75. The maximum atomic E-state index is 13.1. The van der Waals surface area contributed by atoms with E-state index >= 15 is 0 Å². The van der Waals surface area contributed by atoms with Gasteiger partial charge in [0.1, 0.15) is 0 Å². The molecule has 4 rings (SSSR count). The van der Waals surface area contributed by atoms with E-state index in [2.05, 4.69) is 62.6 Å². The van der Waals surface area contributed by atoms with Gasteiger partial charge in [-0.2, -0.15) is 0 Å². The van der Waals surface area contributed by atoms with Gasteiger partial charge in [-0.25, -0.2) is 0 Å². The zero-order chi connectivity index (χ0) is 17.7. The summed E-state index contributed by atoms with van der Waals surface area (Å²) in [7, 11) is 0. The van der Waals surface area contributed by atoms with Crippen LogP contribution >= 0.6 is 0 Å². The summed E-state index contributed by atoms with van der Waals surface area (Å²) in [4.78, 5) is 15.2. The number of rotatable bonds is 3. The van der Waals surface area contributed by atoms with Crippen molar-refractivity contribution in [2.75, 3.05) is 18.4 Å². The summed E-state index contributed by atoms with van der Waals surface area (Å²) in [6.07, 6.45) is 3.38. The van der Waals surface area contributed by atoms with Crippen molar-refractivity contribution in [3.63, 3.8) is 0 Å². The first-order valence-electron chi connectivity index (χ1n) is 9.61. The van der Waals surface area contributed by atoms with Crippen LogP contribution in [-0.2, 0) is 4.79 Å². The summed E-state index contributed by atoms with van der Waals surface area (Å²) < 4.78 is 0. The monoisotopic (exact) mass is 339 g/mol. The fourth-order valence-corrected chi connectivity index (χ4v) is 4.95. The van der Waals surface area contributed by atoms with Gasteiger partial charge in [0.15, 0.2) is 0 Å². The van der Waals surface area contributed by atoms with Crippen LogP contribution in [0.15, 0.2) is 24.3 Å². The van der Waals surface area contributed by atoms with E-state index in [1.807, 2.05) is 4.90 Å². The molecule has 134 valence electrons. The molecule has 2 N–H and O–H groups in total. The number of fused-ring (bicyclic) bond motifs is 2. The Hall–Kier alpha value is -1.81. The summed E-state index contributed by atoms with van der Waals surface area (Å²) in [6.45, 7) is 10.2. The van der Waals surface area contributed by atoms with Gasteiger partial charge < -0.3 is 15.5 Å². The molecule has 1 aliphatic carbocycles. The SMILES string of the molecule is CC(C)N(C(=O)[C@@H]1C=C2c3cccc4c3C(CN4)C[C@H]2NC1)C(C)C. The summed E-state index contributed by atoms with van der Waals surface area (Å²) in [5.41, 5.74) is 5.41. The lowest BCUT2D eigenvalue weighted by Gasteiger charge is -2.39. The number of nitrogens with zero attached hydrogens (tertiary/aromatic N) is 1. The Kier molecular flexibility index (Phi) is 4.11. The van der Waals surface area contributed by atoms with Crippen LogP contribution in [0, 0.1) is 5.92 Å². The molecule has 0 radical (unpaired) electrons. The third-order valence-electron chi connectivity index (χ3n) is 5.91. The molecule has 1 aromatic rings. The minimum atomic E-state index is -0.0715. The van der Waals surface area contributed by atoms with Crippen LogP contribution in [0.25, 0.3) is 5.57 Å². The predicted molar refractivity (Wildman–Crippen MR) is 103 cm³/mol. The maximum Gasteiger partial charge on any atom is 0.231 e. The molecule has 2 heterocycles. The molecule has 3 atom stereocenters. The second-order valence-corrected chi connectivity index (χ2v) is 8.20. The molecule has 4 heteroatoms. The molecule has 0 aromatic heterocycles. The molecule has 0 spiro atoms. The summed E-state index contributed by atoms with van der Waals surface area (Å²) in [5.74, 6) is 0.769. The highest BCUT2D eigenvalue weighted by molar-refractivity contribution is 5.88. The van der Waals surface area contributed by atoms with E-state index in [1.165, 1.54) is 22.4 Å². The van der Waals surface area contributed by atoms with Crippen LogP contribution in [-0.4, -0.2) is 42.0 Å². The molecule has 1 amide bonds. The first kappa shape index (κ1) is 16.6. The van der Waals surface area contributed by atoms with Gasteiger partial charge in [-0.3, -0.25) is 4.79 Å². The number of carbonyl (C=O) groups excluding carboxylic acids is 1. The Balaban J connectivity index is 1.70. The van der Waals surface area contributed by atoms with Crippen LogP contribution in [0.3, 0.4) is 0 Å². The number of carbonyl (C=O) groups is 1. The molecule has 1 unspecified atom stereocenters. The first-order valence-corrected chi connectivity index (χ1v) is 9.61. The third kappa shape index (κ3) is 2.67. The first-order chi connectivity index (χ1) is 12.0. The van der Waals surface area contributed by atoms with Crippen LogP contribution in [0.4, 0.5) is 5.69 Å². The number of nitrogens with one attached hydrogen (secondary N) is 2. The summed E-state index contributed by atoms with van der Waals surface area (Å²) in [5, 5.41) is 7.21. The van der Waals surface area contributed by atoms with Crippen LogP contribution in [0.1, 0.15) is 51.2 Å². The Bertz CT molecular complexity index is 714. The van der Waals surface area contributed by atoms with Crippen LogP contribution in [0.5, 0.6) is 0 Å². The van der Waals surface area contributed by atoms with Crippen molar-refractivity contribution < 1.29 is 4.79 Å². The number of hydrogen-bond donors (Lipinski definition) is 2. The molecule has 1 aromatic carbocycles. The van der Waals surface area contributed by atoms with Crippen molar-refractivity contribution in [3.05, 3.63) is 35.4 Å². The minimum Gasteiger partial charge on any atom is -0.384 e. The van der Waals surface area contributed by atoms with E-state index in [9.17, 15) is 4.79 Å². The lowest BCUT2D eigenvalue weighted by Crippen LogP contribution is -2.50. The van der Waals surface area contributed by atoms with Gasteiger partial charge in [0.05, 0.1) is 5.92 Å². The van der Waals surface area contributed by atoms with Crippen molar-refractivity contribution in [1.82, 2.24) is 10.2 Å².